The number of nitrogens with one attached hydrogen (secondary N) is 1. The van der Waals surface area contributed by atoms with Gasteiger partial charge in [-0.15, -0.1) is 21.5 Å². The van der Waals surface area contributed by atoms with Gasteiger partial charge < -0.3 is 11.1 Å². The lowest BCUT2D eigenvalue weighted by Crippen LogP contribution is -2.42. The summed E-state index contributed by atoms with van der Waals surface area (Å²) in [6.07, 6.45) is 6.87. The minimum atomic E-state index is -0.376. The first-order valence-electron chi connectivity index (χ1n) is 8.98. The molecule has 3 aromatic rings. The van der Waals surface area contributed by atoms with Crippen molar-refractivity contribution in [3.63, 3.8) is 0 Å². The quantitative estimate of drug-likeness (QED) is 0.614. The molecule has 28 heavy (non-hydrogen) atoms. The molecule has 0 atom stereocenters. The summed E-state index contributed by atoms with van der Waals surface area (Å²) in [5, 5.41) is 13.3. The van der Waals surface area contributed by atoms with E-state index in [1.54, 1.807) is 12.4 Å². The van der Waals surface area contributed by atoms with Gasteiger partial charge in [0.05, 0.1) is 17.1 Å². The molecule has 1 aliphatic rings. The van der Waals surface area contributed by atoms with E-state index in [0.29, 0.717) is 28.1 Å². The van der Waals surface area contributed by atoms with Crippen molar-refractivity contribution in [1.82, 2.24) is 20.2 Å². The van der Waals surface area contributed by atoms with Crippen LogP contribution in [-0.2, 0) is 16.6 Å². The standard InChI is InChI=1S/C19H19ClN6OS/c20-13-3-1-8-22-17(13)19(6-2-7-19)11-24-16-5-4-14(25-26-16)18-23-10-12(28-18)9-15(21)27/h1,3-5,8,10H,2,6-7,9,11H2,(H2,21,27)(H,24,26). The highest BCUT2D eigenvalue weighted by atomic mass is 35.5. The number of hydrogen-bond donors (Lipinski definition) is 2. The maximum atomic E-state index is 11.0. The second-order valence-corrected chi connectivity index (χ2v) is 8.42. The van der Waals surface area contributed by atoms with Gasteiger partial charge in [-0.25, -0.2) is 4.98 Å². The molecule has 1 saturated carbocycles. The van der Waals surface area contributed by atoms with E-state index in [4.69, 9.17) is 17.3 Å². The maximum absolute atomic E-state index is 11.0. The molecule has 3 aromatic heterocycles. The second-order valence-electron chi connectivity index (χ2n) is 6.90. The molecule has 0 aliphatic heterocycles. The molecular formula is C19H19ClN6OS. The van der Waals surface area contributed by atoms with E-state index in [9.17, 15) is 4.79 Å². The first-order chi connectivity index (χ1) is 13.6. The number of anilines is 1. The van der Waals surface area contributed by atoms with Gasteiger partial charge >= 0.3 is 0 Å². The largest absolute Gasteiger partial charge is 0.369 e. The Kier molecular flexibility index (Phi) is 5.23. The zero-order chi connectivity index (χ0) is 19.6. The number of amides is 1. The number of thiazole rings is 1. The third-order valence-electron chi connectivity index (χ3n) is 4.97. The predicted octanol–water partition coefficient (Wildman–Crippen LogP) is 3.21. The number of nitrogens with zero attached hydrogens (tertiary/aromatic N) is 4. The van der Waals surface area contributed by atoms with Crippen LogP contribution in [0.1, 0.15) is 29.8 Å². The summed E-state index contributed by atoms with van der Waals surface area (Å²) in [7, 11) is 0. The maximum Gasteiger partial charge on any atom is 0.222 e. The van der Waals surface area contributed by atoms with Crippen molar-refractivity contribution in [1.29, 1.82) is 0 Å². The van der Waals surface area contributed by atoms with Crippen LogP contribution in [0.5, 0.6) is 0 Å². The molecule has 3 N–H and O–H groups in total. The van der Waals surface area contributed by atoms with E-state index in [1.807, 2.05) is 24.3 Å². The monoisotopic (exact) mass is 414 g/mol. The van der Waals surface area contributed by atoms with E-state index in [1.165, 1.54) is 11.3 Å². The number of nitrogens with two attached hydrogens (primary N) is 1. The van der Waals surface area contributed by atoms with E-state index in [-0.39, 0.29) is 17.7 Å². The fraction of sp³-hybridized carbons (Fsp3) is 0.316. The predicted molar refractivity (Wildman–Crippen MR) is 109 cm³/mol. The number of primary amides is 1. The van der Waals surface area contributed by atoms with Gasteiger partial charge in [0.25, 0.3) is 0 Å². The molecule has 0 spiro atoms. The highest BCUT2D eigenvalue weighted by Crippen LogP contribution is 2.45. The number of halogens is 1. The third-order valence-corrected chi connectivity index (χ3v) is 6.29. The van der Waals surface area contributed by atoms with Gasteiger partial charge in [0.2, 0.25) is 5.91 Å². The summed E-state index contributed by atoms with van der Waals surface area (Å²) in [5.41, 5.74) is 6.77. The van der Waals surface area contributed by atoms with Crippen molar-refractivity contribution >= 4 is 34.7 Å². The summed E-state index contributed by atoms with van der Waals surface area (Å²) in [5.74, 6) is 0.315. The molecule has 1 aliphatic carbocycles. The second kappa shape index (κ2) is 7.81. The molecule has 1 amide bonds. The van der Waals surface area contributed by atoms with E-state index in [2.05, 4.69) is 25.5 Å². The molecule has 0 unspecified atom stereocenters. The summed E-state index contributed by atoms with van der Waals surface area (Å²) >= 11 is 7.76. The van der Waals surface area contributed by atoms with Crippen LogP contribution in [0, 0.1) is 0 Å². The Morgan fingerprint density at radius 1 is 1.25 bits per heavy atom. The summed E-state index contributed by atoms with van der Waals surface area (Å²) < 4.78 is 0. The number of carbonyl (C=O) groups excluding carboxylic acids is 1. The topological polar surface area (TPSA) is 107 Å². The Bertz CT molecular complexity index is 986. The van der Waals surface area contributed by atoms with Crippen molar-refractivity contribution in [3.8, 4) is 10.7 Å². The Morgan fingerprint density at radius 3 is 2.75 bits per heavy atom. The van der Waals surface area contributed by atoms with Crippen LogP contribution in [0.2, 0.25) is 5.02 Å². The highest BCUT2D eigenvalue weighted by molar-refractivity contribution is 7.15. The van der Waals surface area contributed by atoms with Gasteiger partial charge in [0, 0.05) is 29.2 Å². The fourth-order valence-corrected chi connectivity index (χ4v) is 4.57. The van der Waals surface area contributed by atoms with Crippen LogP contribution in [0.15, 0.2) is 36.7 Å². The number of rotatable bonds is 7. The highest BCUT2D eigenvalue weighted by Gasteiger charge is 2.41. The van der Waals surface area contributed by atoms with Crippen molar-refractivity contribution in [3.05, 3.63) is 52.3 Å². The molecular weight excluding hydrogens is 396 g/mol. The average Bonchev–Trinajstić information content (AvgIpc) is 3.10. The lowest BCUT2D eigenvalue weighted by molar-refractivity contribution is -0.117. The van der Waals surface area contributed by atoms with Gasteiger partial charge in [-0.05, 0) is 37.1 Å². The minimum absolute atomic E-state index is 0.0579. The van der Waals surface area contributed by atoms with Gasteiger partial charge in [-0.1, -0.05) is 18.0 Å². The van der Waals surface area contributed by atoms with Crippen LogP contribution in [0.3, 0.4) is 0 Å². The van der Waals surface area contributed by atoms with Crippen LogP contribution in [-0.4, -0.2) is 32.6 Å². The molecule has 0 saturated heterocycles. The van der Waals surface area contributed by atoms with Crippen LogP contribution < -0.4 is 11.1 Å². The van der Waals surface area contributed by atoms with Gasteiger partial charge in [-0.3, -0.25) is 9.78 Å². The molecule has 1 fully saturated rings. The Labute approximate surface area is 171 Å². The van der Waals surface area contributed by atoms with E-state index < -0.39 is 0 Å². The van der Waals surface area contributed by atoms with Crippen LogP contribution >= 0.6 is 22.9 Å². The SMILES string of the molecule is NC(=O)Cc1cnc(-c2ccc(NCC3(c4ncccc4Cl)CCC3)nn2)s1. The van der Waals surface area contributed by atoms with Crippen molar-refractivity contribution in [2.75, 3.05) is 11.9 Å². The molecule has 144 valence electrons. The zero-order valence-corrected chi connectivity index (χ0v) is 16.6. The lowest BCUT2D eigenvalue weighted by atomic mass is 9.66. The van der Waals surface area contributed by atoms with Crippen LogP contribution in [0.25, 0.3) is 10.7 Å². The third kappa shape index (κ3) is 3.83. The van der Waals surface area contributed by atoms with Gasteiger partial charge in [0.15, 0.2) is 0 Å². The smallest absolute Gasteiger partial charge is 0.222 e. The number of hydrogen-bond acceptors (Lipinski definition) is 7. The van der Waals surface area contributed by atoms with E-state index in [0.717, 1.165) is 29.8 Å². The number of pyridine rings is 1. The summed E-state index contributed by atoms with van der Waals surface area (Å²) in [4.78, 5) is 20.6. The van der Waals surface area contributed by atoms with E-state index >= 15 is 0 Å². The Balaban J connectivity index is 1.44. The molecule has 7 nitrogen and oxygen atoms in total. The first-order valence-corrected chi connectivity index (χ1v) is 10.2. The number of carbonyl (C=O) groups is 1. The zero-order valence-electron chi connectivity index (χ0n) is 15.1. The van der Waals surface area contributed by atoms with Crippen molar-refractivity contribution in [2.45, 2.75) is 31.1 Å². The molecule has 0 radical (unpaired) electrons. The summed E-state index contributed by atoms with van der Waals surface area (Å²) in [6, 6.07) is 7.48. The Morgan fingerprint density at radius 2 is 2.11 bits per heavy atom. The molecule has 0 aromatic carbocycles. The van der Waals surface area contributed by atoms with Gasteiger partial charge in [-0.2, -0.15) is 0 Å². The molecule has 9 heteroatoms. The Hall–Kier alpha value is -2.58. The number of aromatic nitrogens is 4. The fourth-order valence-electron chi connectivity index (χ4n) is 3.36. The molecule has 3 heterocycles. The lowest BCUT2D eigenvalue weighted by Gasteiger charge is -2.42. The average molecular weight is 415 g/mol. The van der Waals surface area contributed by atoms with Gasteiger partial charge in [0.1, 0.15) is 16.5 Å². The first kappa shape index (κ1) is 18.8. The molecule has 0 bridgehead atoms. The minimum Gasteiger partial charge on any atom is -0.369 e. The van der Waals surface area contributed by atoms with Crippen molar-refractivity contribution < 1.29 is 4.79 Å². The summed E-state index contributed by atoms with van der Waals surface area (Å²) in [6.45, 7) is 0.706. The molecule has 4 rings (SSSR count). The van der Waals surface area contributed by atoms with Crippen LogP contribution in [0.4, 0.5) is 5.82 Å². The normalized spacial score (nSPS) is 15.0. The van der Waals surface area contributed by atoms with Crippen molar-refractivity contribution in [2.24, 2.45) is 5.73 Å².